The molecular weight excluding hydrogens is 306 g/mol. The molecule has 0 saturated heterocycles. The fourth-order valence-corrected chi connectivity index (χ4v) is 2.65. The third-order valence-corrected chi connectivity index (χ3v) is 3.52. The Hall–Kier alpha value is -1.83. The van der Waals surface area contributed by atoms with Crippen molar-refractivity contribution in [2.75, 3.05) is 17.9 Å². The van der Waals surface area contributed by atoms with Crippen molar-refractivity contribution >= 4 is 32.8 Å². The molecule has 0 bridgehead atoms. The number of amides is 1. The minimum Gasteiger partial charge on any atom is -0.449 e. The molecule has 0 aliphatic carbocycles. The standard InChI is InChI=1S/C10H13N3O5S2/c1-2-18-10(15)13-20(16,17)12-9-11-7-8(19-9)5-3-4-6-14/h7,14H,2,4,6H2,1H3,(H,11,12)(H,13,15). The van der Waals surface area contributed by atoms with Gasteiger partial charge in [0.2, 0.25) is 0 Å². The van der Waals surface area contributed by atoms with Gasteiger partial charge in [0.1, 0.15) is 0 Å². The smallest absolute Gasteiger partial charge is 0.422 e. The highest BCUT2D eigenvalue weighted by molar-refractivity contribution is 7.91. The van der Waals surface area contributed by atoms with Gasteiger partial charge in [-0.1, -0.05) is 23.2 Å². The molecule has 0 aliphatic rings. The molecule has 10 heteroatoms. The predicted octanol–water partition coefficient (Wildman–Crippen LogP) is 0.280. The first-order valence-corrected chi connectivity index (χ1v) is 7.79. The Bertz CT molecular complexity index is 614. The van der Waals surface area contributed by atoms with Gasteiger partial charge in [-0.25, -0.2) is 19.2 Å². The van der Waals surface area contributed by atoms with Crippen LogP contribution in [0.3, 0.4) is 0 Å². The Labute approximate surface area is 120 Å². The minimum absolute atomic E-state index is 0.0469. The number of ether oxygens (including phenoxy) is 1. The van der Waals surface area contributed by atoms with E-state index in [0.29, 0.717) is 11.3 Å². The number of rotatable bonds is 5. The molecule has 20 heavy (non-hydrogen) atoms. The highest BCUT2D eigenvalue weighted by atomic mass is 32.2. The van der Waals surface area contributed by atoms with E-state index in [2.05, 4.69) is 26.3 Å². The predicted molar refractivity (Wildman–Crippen MR) is 73.4 cm³/mol. The number of nitrogens with one attached hydrogen (secondary N) is 2. The van der Waals surface area contributed by atoms with Gasteiger partial charge in [0.25, 0.3) is 0 Å². The fourth-order valence-electron chi connectivity index (χ4n) is 0.995. The summed E-state index contributed by atoms with van der Waals surface area (Å²) < 4.78 is 31.2. The first-order valence-electron chi connectivity index (χ1n) is 5.49. The second-order valence-electron chi connectivity index (χ2n) is 3.23. The quantitative estimate of drug-likeness (QED) is 0.671. The molecule has 0 spiro atoms. The third-order valence-electron chi connectivity index (χ3n) is 1.67. The molecule has 0 unspecified atom stereocenters. The summed E-state index contributed by atoms with van der Waals surface area (Å²) in [5.74, 6) is 5.39. The average Bonchev–Trinajstić information content (AvgIpc) is 2.75. The number of carbonyl (C=O) groups is 1. The van der Waals surface area contributed by atoms with E-state index in [0.717, 1.165) is 11.3 Å². The van der Waals surface area contributed by atoms with Crippen LogP contribution in [0.1, 0.15) is 18.2 Å². The van der Waals surface area contributed by atoms with Gasteiger partial charge in [0, 0.05) is 6.42 Å². The molecule has 1 amide bonds. The Morgan fingerprint density at radius 1 is 1.60 bits per heavy atom. The Morgan fingerprint density at radius 2 is 2.35 bits per heavy atom. The lowest BCUT2D eigenvalue weighted by Crippen LogP contribution is -2.35. The lowest BCUT2D eigenvalue weighted by molar-refractivity contribution is 0.159. The molecule has 3 N–H and O–H groups in total. The van der Waals surface area contributed by atoms with E-state index in [9.17, 15) is 13.2 Å². The zero-order valence-electron chi connectivity index (χ0n) is 10.5. The Kier molecular flexibility index (Phi) is 6.23. The van der Waals surface area contributed by atoms with Crippen LogP contribution in [0.2, 0.25) is 0 Å². The number of nitrogens with zero attached hydrogens (tertiary/aromatic N) is 1. The number of hydrogen-bond acceptors (Lipinski definition) is 7. The van der Waals surface area contributed by atoms with Crippen molar-refractivity contribution < 1.29 is 23.1 Å². The maximum absolute atomic E-state index is 11.5. The van der Waals surface area contributed by atoms with Crippen LogP contribution in [-0.2, 0) is 14.9 Å². The molecule has 1 heterocycles. The second-order valence-corrected chi connectivity index (χ2v) is 5.68. The number of aromatic nitrogens is 1. The van der Waals surface area contributed by atoms with Crippen LogP contribution < -0.4 is 9.44 Å². The SMILES string of the molecule is CCOC(=O)NS(=O)(=O)Nc1ncc(C#CCCO)s1. The van der Waals surface area contributed by atoms with Crippen LogP contribution in [0, 0.1) is 11.8 Å². The van der Waals surface area contributed by atoms with Crippen LogP contribution in [-0.4, -0.2) is 37.8 Å². The van der Waals surface area contributed by atoms with Gasteiger partial charge in [-0.15, -0.1) is 0 Å². The number of aliphatic hydroxyl groups is 1. The topological polar surface area (TPSA) is 118 Å². The van der Waals surface area contributed by atoms with E-state index >= 15 is 0 Å². The number of aliphatic hydroxyl groups excluding tert-OH is 1. The summed E-state index contributed by atoms with van der Waals surface area (Å²) in [5.41, 5.74) is 0. The third kappa shape index (κ3) is 5.87. The molecule has 0 aromatic carbocycles. The molecule has 0 fully saturated rings. The van der Waals surface area contributed by atoms with Crippen molar-refractivity contribution in [3.63, 3.8) is 0 Å². The van der Waals surface area contributed by atoms with Gasteiger partial charge < -0.3 is 9.84 Å². The van der Waals surface area contributed by atoms with Crippen molar-refractivity contribution in [2.45, 2.75) is 13.3 Å². The summed E-state index contributed by atoms with van der Waals surface area (Å²) in [6.07, 6.45) is 0.639. The monoisotopic (exact) mass is 319 g/mol. The van der Waals surface area contributed by atoms with Crippen molar-refractivity contribution in [3.8, 4) is 11.8 Å². The lowest BCUT2D eigenvalue weighted by atomic mass is 10.4. The highest BCUT2D eigenvalue weighted by Crippen LogP contribution is 2.17. The highest BCUT2D eigenvalue weighted by Gasteiger charge is 2.16. The minimum atomic E-state index is -4.08. The molecule has 0 aliphatic heterocycles. The van der Waals surface area contributed by atoms with E-state index in [-0.39, 0.29) is 18.3 Å². The average molecular weight is 319 g/mol. The van der Waals surface area contributed by atoms with Crippen molar-refractivity contribution in [2.24, 2.45) is 0 Å². The normalized spacial score (nSPS) is 10.3. The summed E-state index contributed by atoms with van der Waals surface area (Å²) in [5, 5.41) is 8.64. The Morgan fingerprint density at radius 3 is 3.00 bits per heavy atom. The summed E-state index contributed by atoms with van der Waals surface area (Å²) >= 11 is 1.00. The molecule has 0 atom stereocenters. The van der Waals surface area contributed by atoms with Crippen molar-refractivity contribution in [1.29, 1.82) is 0 Å². The lowest BCUT2D eigenvalue weighted by Gasteiger charge is -2.06. The van der Waals surface area contributed by atoms with Crippen LogP contribution in [0.25, 0.3) is 0 Å². The molecule has 110 valence electrons. The first kappa shape index (κ1) is 16.2. The van der Waals surface area contributed by atoms with E-state index in [4.69, 9.17) is 5.11 Å². The maximum atomic E-state index is 11.5. The molecule has 1 aromatic heterocycles. The van der Waals surface area contributed by atoms with Gasteiger partial charge in [-0.2, -0.15) is 8.42 Å². The molecular formula is C10H13N3O5S2. The van der Waals surface area contributed by atoms with Gasteiger partial charge in [-0.05, 0) is 6.92 Å². The summed E-state index contributed by atoms with van der Waals surface area (Å²) in [7, 11) is -4.08. The second kappa shape index (κ2) is 7.68. The fraction of sp³-hybridized carbons (Fsp3) is 0.400. The van der Waals surface area contributed by atoms with Crippen molar-refractivity contribution in [3.05, 3.63) is 11.1 Å². The van der Waals surface area contributed by atoms with Crippen molar-refractivity contribution in [1.82, 2.24) is 9.71 Å². The van der Waals surface area contributed by atoms with E-state index in [1.54, 1.807) is 11.6 Å². The number of hydrogen-bond donors (Lipinski definition) is 3. The van der Waals surface area contributed by atoms with Gasteiger partial charge in [0.15, 0.2) is 5.13 Å². The van der Waals surface area contributed by atoms with E-state index in [1.807, 2.05) is 0 Å². The van der Waals surface area contributed by atoms with Gasteiger partial charge in [-0.3, -0.25) is 0 Å². The number of carbonyl (C=O) groups excluding carboxylic acids is 1. The molecule has 1 rings (SSSR count). The van der Waals surface area contributed by atoms with Gasteiger partial charge in [0.05, 0.1) is 24.3 Å². The van der Waals surface area contributed by atoms with Gasteiger partial charge >= 0.3 is 16.3 Å². The zero-order chi connectivity index (χ0) is 15.0. The number of thiazole rings is 1. The summed E-state index contributed by atoms with van der Waals surface area (Å²) in [6.45, 7) is 1.57. The maximum Gasteiger partial charge on any atom is 0.422 e. The first-order chi connectivity index (χ1) is 9.46. The Balaban J connectivity index is 2.65. The summed E-state index contributed by atoms with van der Waals surface area (Å²) in [6, 6.07) is 0. The van der Waals surface area contributed by atoms with E-state index < -0.39 is 16.3 Å². The van der Waals surface area contributed by atoms with Crippen LogP contribution in [0.15, 0.2) is 6.20 Å². The molecule has 1 aromatic rings. The zero-order valence-corrected chi connectivity index (χ0v) is 12.2. The number of anilines is 1. The van der Waals surface area contributed by atoms with Crippen LogP contribution in [0.5, 0.6) is 0 Å². The molecule has 0 radical (unpaired) electrons. The largest absolute Gasteiger partial charge is 0.449 e. The molecule has 8 nitrogen and oxygen atoms in total. The van der Waals surface area contributed by atoms with Crippen LogP contribution >= 0.6 is 11.3 Å². The van der Waals surface area contributed by atoms with Crippen LogP contribution in [0.4, 0.5) is 9.93 Å². The van der Waals surface area contributed by atoms with E-state index in [1.165, 1.54) is 6.20 Å². The molecule has 0 saturated carbocycles. The summed E-state index contributed by atoms with van der Waals surface area (Å²) in [4.78, 5) is 15.4.